The standard InChI is InChI=1S/C10H17N3O/c1-5-10(3,4)11-9(14)8-6-7(2)12-13-8/h6H,5H2,1-4H3,(H,11,14)(H,12,13). The van der Waals surface area contributed by atoms with Crippen LogP contribution in [0.25, 0.3) is 0 Å². The number of aromatic nitrogens is 2. The molecule has 1 aromatic rings. The Morgan fingerprint density at radius 2 is 2.29 bits per heavy atom. The molecular weight excluding hydrogens is 178 g/mol. The molecule has 1 rings (SSSR count). The molecule has 0 unspecified atom stereocenters. The number of hydrogen-bond donors (Lipinski definition) is 2. The summed E-state index contributed by atoms with van der Waals surface area (Å²) in [4.78, 5) is 11.6. The second-order valence-corrected chi connectivity index (χ2v) is 4.13. The minimum absolute atomic E-state index is 0.124. The van der Waals surface area contributed by atoms with Crippen molar-refractivity contribution >= 4 is 5.91 Å². The van der Waals surface area contributed by atoms with Crippen molar-refractivity contribution in [2.24, 2.45) is 0 Å². The summed E-state index contributed by atoms with van der Waals surface area (Å²) in [6, 6.07) is 1.74. The first-order valence-electron chi connectivity index (χ1n) is 4.79. The molecule has 0 aliphatic rings. The summed E-state index contributed by atoms with van der Waals surface area (Å²) in [6.45, 7) is 7.89. The van der Waals surface area contributed by atoms with Gasteiger partial charge < -0.3 is 5.32 Å². The van der Waals surface area contributed by atoms with Crippen LogP contribution >= 0.6 is 0 Å². The zero-order valence-electron chi connectivity index (χ0n) is 9.14. The average molecular weight is 195 g/mol. The second kappa shape index (κ2) is 3.82. The SMILES string of the molecule is CCC(C)(C)NC(=O)c1cc(C)[nH]n1. The number of carbonyl (C=O) groups is 1. The van der Waals surface area contributed by atoms with Crippen LogP contribution in [0.5, 0.6) is 0 Å². The molecule has 0 saturated carbocycles. The highest BCUT2D eigenvalue weighted by Gasteiger charge is 2.19. The van der Waals surface area contributed by atoms with E-state index in [0.717, 1.165) is 12.1 Å². The highest BCUT2D eigenvalue weighted by atomic mass is 16.2. The number of carbonyl (C=O) groups excluding carboxylic acids is 1. The van der Waals surface area contributed by atoms with Gasteiger partial charge in [0.1, 0.15) is 5.69 Å². The number of amides is 1. The molecule has 0 saturated heterocycles. The van der Waals surface area contributed by atoms with Gasteiger partial charge in [0.15, 0.2) is 0 Å². The molecule has 78 valence electrons. The van der Waals surface area contributed by atoms with Crippen LogP contribution in [0.3, 0.4) is 0 Å². The Bertz CT molecular complexity index is 328. The van der Waals surface area contributed by atoms with Gasteiger partial charge in [0.2, 0.25) is 0 Å². The smallest absolute Gasteiger partial charge is 0.272 e. The van der Waals surface area contributed by atoms with Crippen LogP contribution in [0.4, 0.5) is 0 Å². The van der Waals surface area contributed by atoms with Crippen molar-refractivity contribution in [2.45, 2.75) is 39.7 Å². The van der Waals surface area contributed by atoms with Gasteiger partial charge in [0.25, 0.3) is 5.91 Å². The van der Waals surface area contributed by atoms with Gasteiger partial charge in [0.05, 0.1) is 0 Å². The summed E-state index contributed by atoms with van der Waals surface area (Å²) >= 11 is 0. The van der Waals surface area contributed by atoms with E-state index in [1.54, 1.807) is 6.07 Å². The van der Waals surface area contributed by atoms with Crippen molar-refractivity contribution in [3.63, 3.8) is 0 Å². The van der Waals surface area contributed by atoms with Gasteiger partial charge in [0, 0.05) is 11.2 Å². The van der Waals surface area contributed by atoms with Crippen LogP contribution in [0.2, 0.25) is 0 Å². The lowest BCUT2D eigenvalue weighted by atomic mass is 10.0. The van der Waals surface area contributed by atoms with Crippen molar-refractivity contribution in [3.05, 3.63) is 17.5 Å². The molecule has 1 aromatic heterocycles. The van der Waals surface area contributed by atoms with Crippen LogP contribution in [0.15, 0.2) is 6.07 Å². The Kier molecular flexibility index (Phi) is 2.93. The fraction of sp³-hybridized carbons (Fsp3) is 0.600. The molecule has 0 atom stereocenters. The van der Waals surface area contributed by atoms with E-state index in [4.69, 9.17) is 0 Å². The normalized spacial score (nSPS) is 11.4. The van der Waals surface area contributed by atoms with Gasteiger partial charge in [-0.2, -0.15) is 5.10 Å². The number of aryl methyl sites for hydroxylation is 1. The van der Waals surface area contributed by atoms with Crippen molar-refractivity contribution < 1.29 is 4.79 Å². The maximum absolute atomic E-state index is 11.6. The lowest BCUT2D eigenvalue weighted by molar-refractivity contribution is 0.0906. The molecule has 1 amide bonds. The van der Waals surface area contributed by atoms with Crippen LogP contribution in [-0.4, -0.2) is 21.6 Å². The second-order valence-electron chi connectivity index (χ2n) is 4.13. The van der Waals surface area contributed by atoms with Crippen molar-refractivity contribution in [1.82, 2.24) is 15.5 Å². The van der Waals surface area contributed by atoms with Gasteiger partial charge >= 0.3 is 0 Å². The van der Waals surface area contributed by atoms with Crippen LogP contribution < -0.4 is 5.32 Å². The van der Waals surface area contributed by atoms with E-state index < -0.39 is 0 Å². The van der Waals surface area contributed by atoms with E-state index in [2.05, 4.69) is 15.5 Å². The van der Waals surface area contributed by atoms with Crippen LogP contribution in [-0.2, 0) is 0 Å². The third-order valence-corrected chi connectivity index (χ3v) is 2.27. The highest BCUT2D eigenvalue weighted by Crippen LogP contribution is 2.08. The van der Waals surface area contributed by atoms with Gasteiger partial charge in [-0.15, -0.1) is 0 Å². The predicted octanol–water partition coefficient (Wildman–Crippen LogP) is 1.64. The summed E-state index contributed by atoms with van der Waals surface area (Å²) in [5, 5.41) is 9.55. The maximum Gasteiger partial charge on any atom is 0.272 e. The predicted molar refractivity (Wildman–Crippen MR) is 55.2 cm³/mol. The van der Waals surface area contributed by atoms with Crippen LogP contribution in [0, 0.1) is 6.92 Å². The summed E-state index contributed by atoms with van der Waals surface area (Å²) in [7, 11) is 0. The third-order valence-electron chi connectivity index (χ3n) is 2.27. The first-order valence-corrected chi connectivity index (χ1v) is 4.79. The molecule has 0 aliphatic heterocycles. The lowest BCUT2D eigenvalue weighted by Gasteiger charge is -2.23. The molecule has 2 N–H and O–H groups in total. The maximum atomic E-state index is 11.6. The zero-order chi connectivity index (χ0) is 10.8. The van der Waals surface area contributed by atoms with Gasteiger partial charge in [-0.1, -0.05) is 6.92 Å². The Hall–Kier alpha value is -1.32. The number of H-pyrrole nitrogens is 1. The van der Waals surface area contributed by atoms with E-state index in [9.17, 15) is 4.79 Å². The largest absolute Gasteiger partial charge is 0.346 e. The number of nitrogens with one attached hydrogen (secondary N) is 2. The van der Waals surface area contributed by atoms with Gasteiger partial charge in [-0.05, 0) is 33.3 Å². The first-order chi connectivity index (χ1) is 6.44. The quantitative estimate of drug-likeness (QED) is 0.770. The number of rotatable bonds is 3. The number of nitrogens with zero attached hydrogens (tertiary/aromatic N) is 1. The van der Waals surface area contributed by atoms with Crippen molar-refractivity contribution in [3.8, 4) is 0 Å². The molecule has 0 bridgehead atoms. The van der Waals surface area contributed by atoms with Crippen molar-refractivity contribution in [1.29, 1.82) is 0 Å². The molecule has 14 heavy (non-hydrogen) atoms. The lowest BCUT2D eigenvalue weighted by Crippen LogP contribution is -2.42. The summed E-state index contributed by atoms with van der Waals surface area (Å²) < 4.78 is 0. The molecule has 0 aliphatic carbocycles. The average Bonchev–Trinajstić information content (AvgIpc) is 2.51. The first kappa shape index (κ1) is 10.8. The van der Waals surface area contributed by atoms with Gasteiger partial charge in [-0.25, -0.2) is 0 Å². The summed E-state index contributed by atoms with van der Waals surface area (Å²) in [5.74, 6) is -0.124. The number of aromatic amines is 1. The van der Waals surface area contributed by atoms with E-state index in [-0.39, 0.29) is 11.4 Å². The minimum atomic E-state index is -0.177. The molecule has 0 radical (unpaired) electrons. The molecule has 1 heterocycles. The van der Waals surface area contributed by atoms with Crippen molar-refractivity contribution in [2.75, 3.05) is 0 Å². The number of hydrogen-bond acceptors (Lipinski definition) is 2. The minimum Gasteiger partial charge on any atom is -0.346 e. The fourth-order valence-corrected chi connectivity index (χ4v) is 0.994. The molecule has 4 heteroatoms. The van der Waals surface area contributed by atoms with E-state index >= 15 is 0 Å². The molecule has 0 fully saturated rings. The van der Waals surface area contributed by atoms with E-state index in [1.165, 1.54) is 0 Å². The Morgan fingerprint density at radius 3 is 2.71 bits per heavy atom. The fourth-order valence-electron chi connectivity index (χ4n) is 0.994. The Labute approximate surface area is 84.1 Å². The van der Waals surface area contributed by atoms with E-state index in [1.807, 2.05) is 27.7 Å². The highest BCUT2D eigenvalue weighted by molar-refractivity contribution is 5.92. The van der Waals surface area contributed by atoms with Gasteiger partial charge in [-0.3, -0.25) is 9.89 Å². The van der Waals surface area contributed by atoms with E-state index in [0.29, 0.717) is 5.69 Å². The summed E-state index contributed by atoms with van der Waals surface area (Å²) in [5.41, 5.74) is 1.16. The topological polar surface area (TPSA) is 57.8 Å². The third kappa shape index (κ3) is 2.58. The molecule has 4 nitrogen and oxygen atoms in total. The van der Waals surface area contributed by atoms with Crippen LogP contribution in [0.1, 0.15) is 43.4 Å². The molecular formula is C10H17N3O. The Morgan fingerprint density at radius 1 is 1.64 bits per heavy atom. The molecule has 0 spiro atoms. The zero-order valence-corrected chi connectivity index (χ0v) is 9.14. The molecule has 0 aromatic carbocycles. The Balaban J connectivity index is 2.68. The monoisotopic (exact) mass is 195 g/mol. The summed E-state index contributed by atoms with van der Waals surface area (Å²) in [6.07, 6.45) is 0.891.